The van der Waals surface area contributed by atoms with E-state index in [1.807, 2.05) is 13.8 Å². The largest absolute Gasteiger partial charge is 0.329 e. The first-order valence-electron chi connectivity index (χ1n) is 6.35. The first-order valence-corrected chi connectivity index (χ1v) is 9.65. The van der Waals surface area contributed by atoms with Gasteiger partial charge in [-0.05, 0) is 19.8 Å². The molecule has 0 aromatic carbocycles. The number of rotatable bonds is 10. The summed E-state index contributed by atoms with van der Waals surface area (Å²) in [5.41, 5.74) is 4.97. The predicted molar refractivity (Wildman–Crippen MR) is 76.8 cm³/mol. The maximum Gasteiger partial charge on any atom is 0.213 e. The molecule has 0 radical (unpaired) electrons. The predicted octanol–water partition coefficient (Wildman–Crippen LogP) is -0.637. The van der Waals surface area contributed by atoms with Gasteiger partial charge in [0.25, 0.3) is 0 Å². The van der Waals surface area contributed by atoms with Crippen LogP contribution >= 0.6 is 0 Å². The van der Waals surface area contributed by atoms with Crippen molar-refractivity contribution in [2.75, 3.05) is 24.6 Å². The van der Waals surface area contributed by atoms with Crippen molar-refractivity contribution in [2.45, 2.75) is 39.2 Å². The molecule has 0 saturated carbocycles. The summed E-state index contributed by atoms with van der Waals surface area (Å²) in [5, 5.41) is 0. The molecule has 0 amide bonds. The second kappa shape index (κ2) is 7.53. The Labute approximate surface area is 116 Å². The first kappa shape index (κ1) is 18.8. The highest BCUT2D eigenvalue weighted by Crippen LogP contribution is 2.14. The van der Waals surface area contributed by atoms with E-state index in [-0.39, 0.29) is 24.6 Å². The lowest BCUT2D eigenvalue weighted by Crippen LogP contribution is -2.54. The maximum absolute atomic E-state index is 11.9. The second-order valence-corrected chi connectivity index (χ2v) is 8.35. The Morgan fingerprint density at radius 2 is 1.53 bits per heavy atom. The summed E-state index contributed by atoms with van der Waals surface area (Å²) in [6.07, 6.45) is 1.17. The number of sulfonamides is 2. The van der Waals surface area contributed by atoms with Gasteiger partial charge in [-0.2, -0.15) is 0 Å². The van der Waals surface area contributed by atoms with Crippen LogP contribution in [0, 0.1) is 0 Å². The average molecular weight is 315 g/mol. The van der Waals surface area contributed by atoms with Gasteiger partial charge in [-0.1, -0.05) is 13.8 Å². The molecule has 0 aliphatic heterocycles. The lowest BCUT2D eigenvalue weighted by atomic mass is 9.95. The van der Waals surface area contributed by atoms with Gasteiger partial charge in [0, 0.05) is 18.6 Å². The summed E-state index contributed by atoms with van der Waals surface area (Å²) >= 11 is 0. The van der Waals surface area contributed by atoms with Crippen LogP contribution in [0.15, 0.2) is 0 Å². The Kier molecular flexibility index (Phi) is 7.45. The highest BCUT2D eigenvalue weighted by atomic mass is 32.2. The van der Waals surface area contributed by atoms with Gasteiger partial charge in [-0.15, -0.1) is 0 Å². The molecule has 0 fully saturated rings. The molecule has 0 aromatic heterocycles. The van der Waals surface area contributed by atoms with Crippen molar-refractivity contribution in [3.8, 4) is 0 Å². The normalized spacial score (nSPS) is 13.7. The van der Waals surface area contributed by atoms with Crippen LogP contribution in [0.25, 0.3) is 0 Å². The Morgan fingerprint density at radius 1 is 1.00 bits per heavy atom. The SMILES string of the molecule is CCC(CC)(CN)NS(=O)(=O)CCNS(=O)(=O)CC. The fourth-order valence-corrected chi connectivity index (χ4v) is 3.79. The van der Waals surface area contributed by atoms with Crippen LogP contribution in [0.4, 0.5) is 0 Å². The Hall–Kier alpha value is -0.220. The van der Waals surface area contributed by atoms with Crippen LogP contribution in [0.1, 0.15) is 33.6 Å². The standard InChI is InChI=1S/C10H25N3O4S2/c1-4-10(5-2,9-11)13-19(16,17)8-7-12-18(14,15)6-3/h12-13H,4-9,11H2,1-3H3. The third-order valence-electron chi connectivity index (χ3n) is 3.19. The van der Waals surface area contributed by atoms with Crippen LogP contribution < -0.4 is 15.2 Å². The molecular weight excluding hydrogens is 290 g/mol. The maximum atomic E-state index is 11.9. The highest BCUT2D eigenvalue weighted by molar-refractivity contribution is 7.90. The quantitative estimate of drug-likeness (QED) is 0.495. The van der Waals surface area contributed by atoms with Crippen molar-refractivity contribution < 1.29 is 16.8 Å². The minimum Gasteiger partial charge on any atom is -0.329 e. The van der Waals surface area contributed by atoms with Gasteiger partial charge >= 0.3 is 0 Å². The number of nitrogens with two attached hydrogens (primary N) is 1. The minimum absolute atomic E-state index is 0.0723. The summed E-state index contributed by atoms with van der Waals surface area (Å²) in [5.74, 6) is -0.370. The molecule has 0 rings (SSSR count). The van der Waals surface area contributed by atoms with Crippen molar-refractivity contribution >= 4 is 20.0 Å². The molecule has 9 heteroatoms. The topological polar surface area (TPSA) is 118 Å². The molecule has 0 spiro atoms. The zero-order valence-electron chi connectivity index (χ0n) is 11.8. The van der Waals surface area contributed by atoms with Crippen molar-refractivity contribution in [3.05, 3.63) is 0 Å². The van der Waals surface area contributed by atoms with Crippen molar-refractivity contribution in [3.63, 3.8) is 0 Å². The van der Waals surface area contributed by atoms with E-state index in [1.54, 1.807) is 0 Å². The third kappa shape index (κ3) is 6.66. The summed E-state index contributed by atoms with van der Waals surface area (Å²) in [6, 6.07) is 0. The molecule has 19 heavy (non-hydrogen) atoms. The smallest absolute Gasteiger partial charge is 0.213 e. The molecule has 0 atom stereocenters. The van der Waals surface area contributed by atoms with E-state index in [2.05, 4.69) is 9.44 Å². The summed E-state index contributed by atoms with van der Waals surface area (Å²) in [6.45, 7) is 5.28. The monoisotopic (exact) mass is 315 g/mol. The van der Waals surface area contributed by atoms with Crippen molar-refractivity contribution in [1.29, 1.82) is 0 Å². The van der Waals surface area contributed by atoms with Gasteiger partial charge in [0.15, 0.2) is 0 Å². The number of hydrogen-bond donors (Lipinski definition) is 3. The Bertz CT molecular complexity index is 447. The minimum atomic E-state index is -3.56. The molecule has 116 valence electrons. The van der Waals surface area contributed by atoms with E-state index >= 15 is 0 Å². The van der Waals surface area contributed by atoms with Crippen LogP contribution in [0.5, 0.6) is 0 Å². The zero-order valence-corrected chi connectivity index (χ0v) is 13.4. The van der Waals surface area contributed by atoms with E-state index in [0.717, 1.165) is 0 Å². The fraction of sp³-hybridized carbons (Fsp3) is 1.00. The molecular formula is C10H25N3O4S2. The van der Waals surface area contributed by atoms with Gasteiger partial charge in [-0.3, -0.25) is 0 Å². The summed E-state index contributed by atoms with van der Waals surface area (Å²) in [7, 11) is -6.93. The Balaban J connectivity index is 4.57. The van der Waals surface area contributed by atoms with E-state index in [4.69, 9.17) is 5.73 Å². The van der Waals surface area contributed by atoms with Gasteiger partial charge in [0.2, 0.25) is 20.0 Å². The van der Waals surface area contributed by atoms with Crippen LogP contribution in [0.2, 0.25) is 0 Å². The van der Waals surface area contributed by atoms with Gasteiger partial charge in [0.05, 0.1) is 11.5 Å². The van der Waals surface area contributed by atoms with Crippen LogP contribution in [-0.4, -0.2) is 47.0 Å². The van der Waals surface area contributed by atoms with Gasteiger partial charge in [-0.25, -0.2) is 26.3 Å². The second-order valence-electron chi connectivity index (χ2n) is 4.41. The highest BCUT2D eigenvalue weighted by Gasteiger charge is 2.29. The molecule has 4 N–H and O–H groups in total. The molecule has 0 aliphatic carbocycles. The molecule has 0 aromatic rings. The van der Waals surface area contributed by atoms with Gasteiger partial charge in [0.1, 0.15) is 0 Å². The molecule has 0 heterocycles. The molecule has 0 aliphatic rings. The zero-order chi connectivity index (χ0) is 15.2. The third-order valence-corrected chi connectivity index (χ3v) is 6.08. The van der Waals surface area contributed by atoms with Crippen LogP contribution in [0.3, 0.4) is 0 Å². The van der Waals surface area contributed by atoms with Crippen molar-refractivity contribution in [2.24, 2.45) is 5.73 Å². The van der Waals surface area contributed by atoms with E-state index in [9.17, 15) is 16.8 Å². The molecule has 0 bridgehead atoms. The summed E-state index contributed by atoms with van der Waals surface area (Å²) in [4.78, 5) is 0. The molecule has 0 unspecified atom stereocenters. The lowest BCUT2D eigenvalue weighted by molar-refractivity contribution is 0.363. The van der Waals surface area contributed by atoms with Crippen molar-refractivity contribution in [1.82, 2.24) is 9.44 Å². The lowest BCUT2D eigenvalue weighted by Gasteiger charge is -2.30. The van der Waals surface area contributed by atoms with E-state index < -0.39 is 25.6 Å². The molecule has 7 nitrogen and oxygen atoms in total. The van der Waals surface area contributed by atoms with Crippen LogP contribution in [-0.2, 0) is 20.0 Å². The average Bonchev–Trinajstić information content (AvgIpc) is 2.35. The first-order chi connectivity index (χ1) is 8.66. The number of nitrogens with one attached hydrogen (secondary N) is 2. The Morgan fingerprint density at radius 3 is 1.89 bits per heavy atom. The van der Waals surface area contributed by atoms with E-state index in [0.29, 0.717) is 12.8 Å². The fourth-order valence-electron chi connectivity index (χ4n) is 1.54. The molecule has 0 saturated heterocycles. The summed E-state index contributed by atoms with van der Waals surface area (Å²) < 4.78 is 51.0. The van der Waals surface area contributed by atoms with Gasteiger partial charge < -0.3 is 5.73 Å². The number of hydrogen-bond acceptors (Lipinski definition) is 5. The van der Waals surface area contributed by atoms with E-state index in [1.165, 1.54) is 6.92 Å².